The first-order chi connectivity index (χ1) is 7.15. The molecule has 0 amide bonds. The normalized spacial score (nSPS) is 15.9. The molecule has 15 heavy (non-hydrogen) atoms. The molecule has 0 fully saturated rings. The Morgan fingerprint density at radius 3 is 2.67 bits per heavy atom. The fourth-order valence-electron chi connectivity index (χ4n) is 2.45. The van der Waals surface area contributed by atoms with Crippen molar-refractivity contribution in [3.05, 3.63) is 34.9 Å². The lowest BCUT2D eigenvalue weighted by Crippen LogP contribution is -2.22. The predicted octanol–water partition coefficient (Wildman–Crippen LogP) is 3.04. The van der Waals surface area contributed by atoms with Gasteiger partial charge in [0.05, 0.1) is 0 Å². The largest absolute Gasteiger partial charge is 0.302 e. The second-order valence-corrected chi connectivity index (χ2v) is 4.99. The van der Waals surface area contributed by atoms with Crippen molar-refractivity contribution in [2.75, 3.05) is 0 Å². The molecule has 1 aliphatic carbocycles. The molecule has 2 rings (SSSR count). The van der Waals surface area contributed by atoms with Gasteiger partial charge in [-0.1, -0.05) is 18.2 Å². The van der Waals surface area contributed by atoms with Crippen LogP contribution in [-0.2, 0) is 23.1 Å². The summed E-state index contributed by atoms with van der Waals surface area (Å²) in [5.41, 5.74) is 3.78. The lowest BCUT2D eigenvalue weighted by molar-refractivity contribution is -0.111. The molecule has 0 saturated heterocycles. The maximum absolute atomic E-state index is 11.1. The first-order valence-corrected chi connectivity index (χ1v) is 5.73. The molecule has 0 bridgehead atoms. The minimum absolute atomic E-state index is 0.331. The molecule has 0 spiro atoms. The van der Waals surface area contributed by atoms with Crippen LogP contribution in [0.3, 0.4) is 0 Å². The van der Waals surface area contributed by atoms with E-state index in [0.29, 0.717) is 0 Å². The van der Waals surface area contributed by atoms with Crippen molar-refractivity contribution >= 4 is 6.29 Å². The summed E-state index contributed by atoms with van der Waals surface area (Å²) >= 11 is 0. The van der Waals surface area contributed by atoms with Crippen molar-refractivity contribution in [2.45, 2.75) is 44.9 Å². The molecule has 1 heteroatoms. The highest BCUT2D eigenvalue weighted by atomic mass is 16.1. The molecule has 0 N–H and O–H groups in total. The Kier molecular flexibility index (Phi) is 2.64. The average Bonchev–Trinajstić information content (AvgIpc) is 2.28. The molecule has 0 atom stereocenters. The van der Waals surface area contributed by atoms with Crippen LogP contribution in [0, 0.1) is 0 Å². The molecular weight excluding hydrogens is 184 g/mol. The number of aryl methyl sites for hydroxylation is 1. The van der Waals surface area contributed by atoms with Gasteiger partial charge in [-0.25, -0.2) is 0 Å². The van der Waals surface area contributed by atoms with Gasteiger partial charge in [0.15, 0.2) is 0 Å². The van der Waals surface area contributed by atoms with Gasteiger partial charge in [0.2, 0.25) is 0 Å². The number of carbonyl (C=O) groups excluding carboxylic acids is 1. The van der Waals surface area contributed by atoms with Crippen LogP contribution < -0.4 is 0 Å². The van der Waals surface area contributed by atoms with Crippen LogP contribution in [-0.4, -0.2) is 6.29 Å². The Morgan fingerprint density at radius 2 is 1.93 bits per heavy atom. The van der Waals surface area contributed by atoms with Crippen LogP contribution in [0.15, 0.2) is 18.2 Å². The predicted molar refractivity (Wildman–Crippen MR) is 62.2 cm³/mol. The van der Waals surface area contributed by atoms with E-state index in [1.54, 1.807) is 0 Å². The highest BCUT2D eigenvalue weighted by Crippen LogP contribution is 2.31. The van der Waals surface area contributed by atoms with E-state index in [1.807, 2.05) is 13.8 Å². The van der Waals surface area contributed by atoms with Gasteiger partial charge in [-0.3, -0.25) is 0 Å². The van der Waals surface area contributed by atoms with Gasteiger partial charge in [0.1, 0.15) is 6.29 Å². The number of carbonyl (C=O) groups is 1. The second-order valence-electron chi connectivity index (χ2n) is 4.99. The van der Waals surface area contributed by atoms with Crippen LogP contribution in [0.2, 0.25) is 0 Å². The standard InChI is InChI=1S/C14H18O/c1-14(2,10-15)13-9-5-7-11-6-3-4-8-12(11)13/h5,7,9-10H,3-4,6,8H2,1-2H3. The van der Waals surface area contributed by atoms with Gasteiger partial charge < -0.3 is 4.79 Å². The van der Waals surface area contributed by atoms with Crippen LogP contribution in [0.1, 0.15) is 43.4 Å². The summed E-state index contributed by atoms with van der Waals surface area (Å²) in [6.45, 7) is 4.01. The summed E-state index contributed by atoms with van der Waals surface area (Å²) < 4.78 is 0. The third-order valence-corrected chi connectivity index (χ3v) is 3.38. The van der Waals surface area contributed by atoms with E-state index in [9.17, 15) is 4.79 Å². The van der Waals surface area contributed by atoms with E-state index < -0.39 is 0 Å². The first kappa shape index (κ1) is 10.4. The van der Waals surface area contributed by atoms with E-state index in [-0.39, 0.29) is 5.41 Å². The van der Waals surface area contributed by atoms with Gasteiger partial charge in [0, 0.05) is 5.41 Å². The average molecular weight is 202 g/mol. The summed E-state index contributed by atoms with van der Waals surface area (Å²) in [5, 5.41) is 0. The zero-order chi connectivity index (χ0) is 10.9. The van der Waals surface area contributed by atoms with Crippen LogP contribution >= 0.6 is 0 Å². The van der Waals surface area contributed by atoms with Crippen molar-refractivity contribution in [2.24, 2.45) is 0 Å². The van der Waals surface area contributed by atoms with Crippen LogP contribution in [0.4, 0.5) is 0 Å². The van der Waals surface area contributed by atoms with E-state index in [0.717, 1.165) is 12.7 Å². The molecular formula is C14H18O. The quantitative estimate of drug-likeness (QED) is 0.674. The van der Waals surface area contributed by atoms with E-state index in [1.165, 1.54) is 36.0 Å². The lowest BCUT2D eigenvalue weighted by atomic mass is 9.78. The van der Waals surface area contributed by atoms with E-state index >= 15 is 0 Å². The maximum atomic E-state index is 11.1. The summed E-state index contributed by atoms with van der Waals surface area (Å²) in [4.78, 5) is 11.1. The summed E-state index contributed by atoms with van der Waals surface area (Å²) in [6, 6.07) is 6.40. The number of hydrogen-bond donors (Lipinski definition) is 0. The molecule has 1 aromatic carbocycles. The number of hydrogen-bond acceptors (Lipinski definition) is 1. The highest BCUT2D eigenvalue weighted by Gasteiger charge is 2.24. The smallest absolute Gasteiger partial charge is 0.129 e. The molecule has 80 valence electrons. The number of aldehydes is 1. The molecule has 1 aliphatic rings. The SMILES string of the molecule is CC(C)(C=O)c1cccc2c1CCCC2. The van der Waals surface area contributed by atoms with Gasteiger partial charge in [-0.15, -0.1) is 0 Å². The number of fused-ring (bicyclic) bond motifs is 1. The van der Waals surface area contributed by atoms with Gasteiger partial charge >= 0.3 is 0 Å². The molecule has 1 aromatic rings. The van der Waals surface area contributed by atoms with Crippen LogP contribution in [0.25, 0.3) is 0 Å². The van der Waals surface area contributed by atoms with Crippen molar-refractivity contribution in [1.29, 1.82) is 0 Å². The zero-order valence-electron chi connectivity index (χ0n) is 9.55. The minimum atomic E-state index is -0.331. The highest BCUT2D eigenvalue weighted by molar-refractivity contribution is 5.68. The number of rotatable bonds is 2. The minimum Gasteiger partial charge on any atom is -0.302 e. The molecule has 0 unspecified atom stereocenters. The van der Waals surface area contributed by atoms with Crippen molar-refractivity contribution in [1.82, 2.24) is 0 Å². The molecule has 0 aromatic heterocycles. The Balaban J connectivity index is 2.52. The Hall–Kier alpha value is -1.11. The topological polar surface area (TPSA) is 17.1 Å². The summed E-state index contributed by atoms with van der Waals surface area (Å²) in [5.74, 6) is 0. The van der Waals surface area contributed by atoms with Crippen molar-refractivity contribution in [3.63, 3.8) is 0 Å². The molecule has 0 heterocycles. The summed E-state index contributed by atoms with van der Waals surface area (Å²) in [7, 11) is 0. The van der Waals surface area contributed by atoms with Gasteiger partial charge in [0.25, 0.3) is 0 Å². The summed E-state index contributed by atoms with van der Waals surface area (Å²) in [6.07, 6.45) is 5.94. The van der Waals surface area contributed by atoms with E-state index in [2.05, 4.69) is 18.2 Å². The van der Waals surface area contributed by atoms with Crippen molar-refractivity contribution < 1.29 is 4.79 Å². The van der Waals surface area contributed by atoms with E-state index in [4.69, 9.17) is 0 Å². The number of benzene rings is 1. The Labute approximate surface area is 91.5 Å². The van der Waals surface area contributed by atoms with Gasteiger partial charge in [-0.05, 0) is 56.2 Å². The van der Waals surface area contributed by atoms with Crippen LogP contribution in [0.5, 0.6) is 0 Å². The third kappa shape index (κ3) is 1.83. The second kappa shape index (κ2) is 3.80. The van der Waals surface area contributed by atoms with Crippen molar-refractivity contribution in [3.8, 4) is 0 Å². The molecule has 0 aliphatic heterocycles. The Morgan fingerprint density at radius 1 is 1.20 bits per heavy atom. The fraction of sp³-hybridized carbons (Fsp3) is 0.500. The maximum Gasteiger partial charge on any atom is 0.129 e. The lowest BCUT2D eigenvalue weighted by Gasteiger charge is -2.26. The zero-order valence-corrected chi connectivity index (χ0v) is 9.55. The third-order valence-electron chi connectivity index (χ3n) is 3.38. The van der Waals surface area contributed by atoms with Gasteiger partial charge in [-0.2, -0.15) is 0 Å². The fourth-order valence-corrected chi connectivity index (χ4v) is 2.45. The molecule has 1 nitrogen and oxygen atoms in total. The molecule has 0 radical (unpaired) electrons. The monoisotopic (exact) mass is 202 g/mol. The first-order valence-electron chi connectivity index (χ1n) is 5.73. The molecule has 0 saturated carbocycles. The Bertz CT molecular complexity index is 377.